The molecule has 17 heavy (non-hydrogen) atoms. The Bertz CT molecular complexity index is 452. The van der Waals surface area contributed by atoms with Crippen LogP contribution < -0.4 is 11.3 Å². The zero-order valence-electron chi connectivity index (χ0n) is 9.88. The normalized spacial score (nSPS) is 12.9. The van der Waals surface area contributed by atoms with Crippen molar-refractivity contribution in [1.29, 1.82) is 0 Å². The zero-order valence-corrected chi connectivity index (χ0v) is 11.5. The number of thiazole rings is 1. The van der Waals surface area contributed by atoms with E-state index in [0.717, 1.165) is 11.7 Å². The second-order valence-electron chi connectivity index (χ2n) is 3.88. The lowest BCUT2D eigenvalue weighted by atomic mass is 10.2. The summed E-state index contributed by atoms with van der Waals surface area (Å²) in [5.74, 6) is 5.32. The van der Waals surface area contributed by atoms with Crippen LogP contribution in [0.2, 0.25) is 0 Å². The number of aromatic nitrogens is 1. The summed E-state index contributed by atoms with van der Waals surface area (Å²) >= 11 is 3.38. The molecule has 2 heterocycles. The number of thiophene rings is 1. The van der Waals surface area contributed by atoms with Crippen LogP contribution in [0.3, 0.4) is 0 Å². The van der Waals surface area contributed by atoms with Crippen LogP contribution in [0.4, 0.5) is 5.13 Å². The highest BCUT2D eigenvalue weighted by Crippen LogP contribution is 2.26. The Balaban J connectivity index is 1.99. The number of hydrazine groups is 1. The summed E-state index contributed by atoms with van der Waals surface area (Å²) in [6.45, 7) is 3.10. The first-order valence-electron chi connectivity index (χ1n) is 5.35. The number of nitrogens with two attached hydrogens (primary N) is 1. The van der Waals surface area contributed by atoms with Crippen LogP contribution in [0.25, 0.3) is 0 Å². The maximum atomic E-state index is 5.32. The molecule has 6 heteroatoms. The maximum Gasteiger partial charge on any atom is 0.197 e. The molecule has 92 valence electrons. The van der Waals surface area contributed by atoms with Crippen molar-refractivity contribution in [3.05, 3.63) is 33.5 Å². The van der Waals surface area contributed by atoms with E-state index in [-0.39, 0.29) is 0 Å². The minimum Gasteiger partial charge on any atom is -0.300 e. The van der Waals surface area contributed by atoms with Gasteiger partial charge in [0.05, 0.1) is 0 Å². The number of nitrogen functional groups attached to an aromatic ring is 1. The Kier molecular flexibility index (Phi) is 4.11. The molecule has 3 N–H and O–H groups in total. The van der Waals surface area contributed by atoms with Gasteiger partial charge >= 0.3 is 0 Å². The van der Waals surface area contributed by atoms with E-state index in [1.807, 2.05) is 6.20 Å². The fourth-order valence-corrected chi connectivity index (χ4v) is 3.21. The fourth-order valence-electron chi connectivity index (χ4n) is 1.58. The molecule has 1 unspecified atom stereocenters. The molecule has 2 rings (SSSR count). The summed E-state index contributed by atoms with van der Waals surface area (Å²) in [7, 11) is 2.12. The molecule has 0 fully saturated rings. The molecule has 0 spiro atoms. The summed E-state index contributed by atoms with van der Waals surface area (Å²) in [5.41, 5.74) is 2.57. The molecule has 0 aliphatic heterocycles. The van der Waals surface area contributed by atoms with Gasteiger partial charge in [0, 0.05) is 28.5 Å². The van der Waals surface area contributed by atoms with Crippen molar-refractivity contribution < 1.29 is 0 Å². The SMILES string of the molecule is CC(c1cccs1)N(C)Cc1cnc(NN)s1. The molecule has 4 nitrogen and oxygen atoms in total. The van der Waals surface area contributed by atoms with Crippen molar-refractivity contribution >= 4 is 27.8 Å². The number of nitrogens with one attached hydrogen (secondary N) is 1. The topological polar surface area (TPSA) is 54.2 Å². The van der Waals surface area contributed by atoms with Gasteiger partial charge in [-0.25, -0.2) is 10.8 Å². The lowest BCUT2D eigenvalue weighted by Gasteiger charge is -2.22. The molecule has 2 aromatic rings. The molecule has 1 atom stereocenters. The lowest BCUT2D eigenvalue weighted by molar-refractivity contribution is 0.258. The summed E-state index contributed by atoms with van der Waals surface area (Å²) < 4.78 is 0. The average Bonchev–Trinajstić information content (AvgIpc) is 2.98. The molecule has 0 bridgehead atoms. The summed E-state index contributed by atoms with van der Waals surface area (Å²) in [4.78, 5) is 9.07. The van der Waals surface area contributed by atoms with Crippen molar-refractivity contribution in [2.45, 2.75) is 19.5 Å². The van der Waals surface area contributed by atoms with E-state index in [0.29, 0.717) is 6.04 Å². The number of nitrogens with zero attached hydrogens (tertiary/aromatic N) is 2. The molecule has 0 aliphatic rings. The van der Waals surface area contributed by atoms with Gasteiger partial charge in [-0.1, -0.05) is 17.4 Å². The molecule has 0 saturated carbocycles. The second-order valence-corrected chi connectivity index (χ2v) is 5.98. The molecular formula is C11H16N4S2. The summed E-state index contributed by atoms with van der Waals surface area (Å²) in [6, 6.07) is 4.69. The largest absolute Gasteiger partial charge is 0.300 e. The van der Waals surface area contributed by atoms with Gasteiger partial charge in [0.25, 0.3) is 0 Å². The van der Waals surface area contributed by atoms with Gasteiger partial charge < -0.3 is 0 Å². The van der Waals surface area contributed by atoms with E-state index in [1.165, 1.54) is 9.75 Å². The van der Waals surface area contributed by atoms with E-state index in [9.17, 15) is 0 Å². The second kappa shape index (κ2) is 5.59. The highest BCUT2D eigenvalue weighted by atomic mass is 32.1. The quantitative estimate of drug-likeness (QED) is 0.646. The number of hydrogen-bond donors (Lipinski definition) is 2. The number of anilines is 1. The first-order valence-corrected chi connectivity index (χ1v) is 7.05. The predicted molar refractivity (Wildman–Crippen MR) is 74.1 cm³/mol. The Hall–Kier alpha value is -0.950. The van der Waals surface area contributed by atoms with Crippen molar-refractivity contribution in [3.63, 3.8) is 0 Å². The van der Waals surface area contributed by atoms with E-state index in [4.69, 9.17) is 5.84 Å². The van der Waals surface area contributed by atoms with Gasteiger partial charge in [-0.15, -0.1) is 11.3 Å². The van der Waals surface area contributed by atoms with Crippen LogP contribution in [0, 0.1) is 0 Å². The number of hydrogen-bond acceptors (Lipinski definition) is 6. The van der Waals surface area contributed by atoms with Crippen molar-refractivity contribution in [2.75, 3.05) is 12.5 Å². The van der Waals surface area contributed by atoms with Gasteiger partial charge in [-0.2, -0.15) is 0 Å². The lowest BCUT2D eigenvalue weighted by Crippen LogP contribution is -2.20. The minimum absolute atomic E-state index is 0.423. The van der Waals surface area contributed by atoms with Gasteiger partial charge in [0.2, 0.25) is 0 Å². The van der Waals surface area contributed by atoms with Crippen molar-refractivity contribution in [1.82, 2.24) is 9.88 Å². The van der Waals surface area contributed by atoms with Crippen LogP contribution in [0.1, 0.15) is 22.7 Å². The standard InChI is InChI=1S/C11H16N4S2/c1-8(10-4-3-5-16-10)15(2)7-9-6-13-11(14-12)17-9/h3-6,8H,7,12H2,1-2H3,(H,13,14). The minimum atomic E-state index is 0.423. The Morgan fingerprint density at radius 3 is 3.00 bits per heavy atom. The summed E-state index contributed by atoms with van der Waals surface area (Å²) in [5, 5.41) is 2.88. The fraction of sp³-hybridized carbons (Fsp3) is 0.364. The Morgan fingerprint density at radius 2 is 2.41 bits per heavy atom. The van der Waals surface area contributed by atoms with Gasteiger partial charge in [-0.05, 0) is 25.4 Å². The monoisotopic (exact) mass is 268 g/mol. The van der Waals surface area contributed by atoms with Crippen LogP contribution >= 0.6 is 22.7 Å². The third-order valence-electron chi connectivity index (χ3n) is 2.70. The molecule has 0 aromatic carbocycles. The predicted octanol–water partition coefficient (Wildman–Crippen LogP) is 2.68. The zero-order chi connectivity index (χ0) is 12.3. The molecule has 0 amide bonds. The highest BCUT2D eigenvalue weighted by Gasteiger charge is 2.13. The van der Waals surface area contributed by atoms with Crippen molar-refractivity contribution in [3.8, 4) is 0 Å². The van der Waals surface area contributed by atoms with E-state index in [2.05, 4.69) is 46.8 Å². The molecule has 0 saturated heterocycles. The van der Waals surface area contributed by atoms with Crippen molar-refractivity contribution in [2.24, 2.45) is 5.84 Å². The van der Waals surface area contributed by atoms with Crippen LogP contribution in [-0.4, -0.2) is 16.9 Å². The van der Waals surface area contributed by atoms with E-state index < -0.39 is 0 Å². The number of rotatable bonds is 5. The first-order chi connectivity index (χ1) is 8.20. The smallest absolute Gasteiger partial charge is 0.197 e. The molecule has 2 aromatic heterocycles. The van der Waals surface area contributed by atoms with Crippen LogP contribution in [-0.2, 0) is 6.54 Å². The van der Waals surface area contributed by atoms with Gasteiger partial charge in [0.1, 0.15) is 0 Å². The van der Waals surface area contributed by atoms with Crippen LogP contribution in [0.5, 0.6) is 0 Å². The van der Waals surface area contributed by atoms with Crippen LogP contribution in [0.15, 0.2) is 23.7 Å². The maximum absolute atomic E-state index is 5.32. The van der Waals surface area contributed by atoms with Gasteiger partial charge in [0.15, 0.2) is 5.13 Å². The summed E-state index contributed by atoms with van der Waals surface area (Å²) in [6.07, 6.45) is 1.87. The van der Waals surface area contributed by atoms with E-state index >= 15 is 0 Å². The first kappa shape index (κ1) is 12.5. The average molecular weight is 268 g/mol. The molecule has 0 aliphatic carbocycles. The Morgan fingerprint density at radius 1 is 1.59 bits per heavy atom. The van der Waals surface area contributed by atoms with E-state index in [1.54, 1.807) is 22.7 Å². The molecular weight excluding hydrogens is 252 g/mol. The Labute approximate surface area is 109 Å². The molecule has 0 radical (unpaired) electrons. The third kappa shape index (κ3) is 3.04. The third-order valence-corrected chi connectivity index (χ3v) is 4.65. The highest BCUT2D eigenvalue weighted by molar-refractivity contribution is 7.15. The van der Waals surface area contributed by atoms with Gasteiger partial charge in [-0.3, -0.25) is 10.3 Å².